The Kier molecular flexibility index (Phi) is 5.31. The summed E-state index contributed by atoms with van der Waals surface area (Å²) in [6.07, 6.45) is 0. The summed E-state index contributed by atoms with van der Waals surface area (Å²) in [5.74, 6) is 0. The van der Waals surface area contributed by atoms with Gasteiger partial charge in [0.15, 0.2) is 0 Å². The minimum absolute atomic E-state index is 1.25. The van der Waals surface area contributed by atoms with E-state index in [9.17, 15) is 0 Å². The Labute approximate surface area is 265 Å². The van der Waals surface area contributed by atoms with E-state index in [1.165, 1.54) is 97.0 Å². The SMILES string of the molecule is c1ccc(-c2cc3c4ccccc4c(-c4cc5c(c6ccccc46)-c4cccc6cccc(c46)S5)cc3c3ccccc23)cc1. The van der Waals surface area contributed by atoms with Gasteiger partial charge in [0.2, 0.25) is 0 Å². The van der Waals surface area contributed by atoms with Crippen molar-refractivity contribution < 1.29 is 0 Å². The van der Waals surface area contributed by atoms with E-state index < -0.39 is 0 Å². The summed E-state index contributed by atoms with van der Waals surface area (Å²) in [5, 5.41) is 13.0. The lowest BCUT2D eigenvalue weighted by molar-refractivity contribution is 1.42. The van der Waals surface area contributed by atoms with E-state index in [1.54, 1.807) is 0 Å². The quantitative estimate of drug-likeness (QED) is 0.182. The summed E-state index contributed by atoms with van der Waals surface area (Å²) in [6.45, 7) is 0. The second kappa shape index (κ2) is 9.56. The first kappa shape index (κ1) is 25.0. The molecule has 9 aromatic rings. The van der Waals surface area contributed by atoms with Crippen molar-refractivity contribution >= 4 is 65.6 Å². The van der Waals surface area contributed by atoms with Crippen LogP contribution in [-0.2, 0) is 0 Å². The molecule has 0 unspecified atom stereocenters. The monoisotopic (exact) mass is 586 g/mol. The Morgan fingerprint density at radius 3 is 1.56 bits per heavy atom. The number of rotatable bonds is 2. The zero-order valence-electron chi connectivity index (χ0n) is 24.4. The molecule has 208 valence electrons. The minimum atomic E-state index is 1.25. The molecule has 0 aromatic heterocycles. The fraction of sp³-hybridized carbons (Fsp3) is 0. The van der Waals surface area contributed by atoms with Gasteiger partial charge in [-0.05, 0) is 101 Å². The van der Waals surface area contributed by atoms with Crippen LogP contribution in [0.4, 0.5) is 0 Å². The first-order valence-electron chi connectivity index (χ1n) is 15.5. The van der Waals surface area contributed by atoms with E-state index in [0.717, 1.165) is 0 Å². The second-order valence-electron chi connectivity index (χ2n) is 12.0. The fourth-order valence-corrected chi connectivity index (χ4v) is 8.89. The molecule has 0 fully saturated rings. The van der Waals surface area contributed by atoms with Gasteiger partial charge in [0.25, 0.3) is 0 Å². The largest absolute Gasteiger partial charge is 0.0887 e. The smallest absolute Gasteiger partial charge is 0.0213 e. The number of fused-ring (bicyclic) bond motifs is 9. The average Bonchev–Trinajstić information content (AvgIpc) is 3.11. The van der Waals surface area contributed by atoms with Crippen molar-refractivity contribution in [2.75, 3.05) is 0 Å². The maximum atomic E-state index is 2.46. The van der Waals surface area contributed by atoms with Gasteiger partial charge in [0, 0.05) is 20.7 Å². The van der Waals surface area contributed by atoms with E-state index in [2.05, 4.69) is 158 Å². The van der Waals surface area contributed by atoms with Crippen molar-refractivity contribution in [2.24, 2.45) is 0 Å². The van der Waals surface area contributed by atoms with Crippen LogP contribution in [0.5, 0.6) is 0 Å². The summed E-state index contributed by atoms with van der Waals surface area (Å²) >= 11 is 1.91. The summed E-state index contributed by atoms with van der Waals surface area (Å²) in [4.78, 5) is 2.66. The molecule has 1 aliphatic rings. The lowest BCUT2D eigenvalue weighted by atomic mass is 9.85. The van der Waals surface area contributed by atoms with Crippen LogP contribution in [0.15, 0.2) is 168 Å². The van der Waals surface area contributed by atoms with Crippen LogP contribution in [0.25, 0.3) is 87.2 Å². The van der Waals surface area contributed by atoms with Crippen LogP contribution in [0.3, 0.4) is 0 Å². The normalized spacial score (nSPS) is 12.4. The summed E-state index contributed by atoms with van der Waals surface area (Å²) in [6, 6.07) is 58.5. The zero-order chi connectivity index (χ0) is 29.5. The van der Waals surface area contributed by atoms with Crippen LogP contribution < -0.4 is 0 Å². The van der Waals surface area contributed by atoms with E-state index in [-0.39, 0.29) is 0 Å². The molecule has 0 saturated heterocycles. The first-order valence-corrected chi connectivity index (χ1v) is 16.3. The highest BCUT2D eigenvalue weighted by atomic mass is 32.2. The van der Waals surface area contributed by atoms with Crippen LogP contribution in [0.1, 0.15) is 0 Å². The molecule has 0 N–H and O–H groups in total. The van der Waals surface area contributed by atoms with Gasteiger partial charge < -0.3 is 0 Å². The first-order chi connectivity index (χ1) is 22.3. The van der Waals surface area contributed by atoms with Crippen LogP contribution in [-0.4, -0.2) is 0 Å². The summed E-state index contributed by atoms with van der Waals surface area (Å²) in [7, 11) is 0. The van der Waals surface area contributed by atoms with Gasteiger partial charge in [-0.3, -0.25) is 0 Å². The topological polar surface area (TPSA) is 0 Å². The molecule has 0 amide bonds. The fourth-order valence-electron chi connectivity index (χ4n) is 7.68. The Balaban J connectivity index is 1.33. The summed E-state index contributed by atoms with van der Waals surface area (Å²) < 4.78 is 0. The molecular formula is C44H26S. The highest BCUT2D eigenvalue weighted by Gasteiger charge is 2.24. The molecule has 0 radical (unpaired) electrons. The Morgan fingerprint density at radius 2 is 0.844 bits per heavy atom. The van der Waals surface area contributed by atoms with E-state index in [1.807, 2.05) is 11.8 Å². The molecule has 1 heterocycles. The molecule has 0 aliphatic carbocycles. The van der Waals surface area contributed by atoms with Crippen molar-refractivity contribution in [1.29, 1.82) is 0 Å². The van der Waals surface area contributed by atoms with E-state index >= 15 is 0 Å². The molecule has 9 aromatic carbocycles. The maximum Gasteiger partial charge on any atom is 0.0213 e. The minimum Gasteiger partial charge on any atom is -0.0887 e. The molecule has 0 atom stereocenters. The van der Waals surface area contributed by atoms with E-state index in [0.29, 0.717) is 0 Å². The second-order valence-corrected chi connectivity index (χ2v) is 13.1. The lowest BCUT2D eigenvalue weighted by Gasteiger charge is -2.24. The molecule has 0 spiro atoms. The molecule has 1 aliphatic heterocycles. The number of hydrogen-bond donors (Lipinski definition) is 0. The Bertz CT molecular complexity index is 2660. The number of benzene rings is 9. The molecule has 0 saturated carbocycles. The van der Waals surface area contributed by atoms with Crippen LogP contribution >= 0.6 is 11.8 Å². The van der Waals surface area contributed by atoms with Crippen molar-refractivity contribution in [3.63, 3.8) is 0 Å². The van der Waals surface area contributed by atoms with Gasteiger partial charge in [0.05, 0.1) is 0 Å². The molecule has 1 heteroatoms. The van der Waals surface area contributed by atoms with Gasteiger partial charge in [-0.1, -0.05) is 145 Å². The van der Waals surface area contributed by atoms with Gasteiger partial charge in [-0.15, -0.1) is 0 Å². The molecule has 0 bridgehead atoms. The highest BCUT2D eigenvalue weighted by molar-refractivity contribution is 7.99. The Hall–Kier alpha value is -5.37. The average molecular weight is 587 g/mol. The van der Waals surface area contributed by atoms with Gasteiger partial charge >= 0.3 is 0 Å². The van der Waals surface area contributed by atoms with Gasteiger partial charge in [0.1, 0.15) is 0 Å². The van der Waals surface area contributed by atoms with Crippen molar-refractivity contribution in [3.8, 4) is 33.4 Å². The third kappa shape index (κ3) is 3.62. The highest BCUT2D eigenvalue weighted by Crippen LogP contribution is 2.53. The molecule has 10 rings (SSSR count). The van der Waals surface area contributed by atoms with Crippen molar-refractivity contribution in [3.05, 3.63) is 158 Å². The van der Waals surface area contributed by atoms with E-state index in [4.69, 9.17) is 0 Å². The van der Waals surface area contributed by atoms with Crippen LogP contribution in [0.2, 0.25) is 0 Å². The third-order valence-electron chi connectivity index (χ3n) is 9.62. The van der Waals surface area contributed by atoms with Gasteiger partial charge in [-0.25, -0.2) is 0 Å². The standard InChI is InChI=1S/C44H26S/c1-2-12-27(13-3-1)36-24-37-31-18-6-7-19-32(31)39(25-38(37)30-17-5-4-16-29(30)36)40-26-42-44(34-21-9-8-20-33(34)40)35-22-10-14-28-15-11-23-41(45-42)43(28)35/h1-26H. The third-order valence-corrected chi connectivity index (χ3v) is 10.7. The molecule has 45 heavy (non-hydrogen) atoms. The van der Waals surface area contributed by atoms with Crippen molar-refractivity contribution in [1.82, 2.24) is 0 Å². The molecular weight excluding hydrogens is 561 g/mol. The predicted octanol–water partition coefficient (Wildman–Crippen LogP) is 12.9. The maximum absolute atomic E-state index is 2.46. The lowest BCUT2D eigenvalue weighted by Crippen LogP contribution is -1.96. The van der Waals surface area contributed by atoms with Crippen molar-refractivity contribution in [2.45, 2.75) is 9.79 Å². The number of hydrogen-bond acceptors (Lipinski definition) is 1. The summed E-state index contributed by atoms with van der Waals surface area (Å²) in [5.41, 5.74) is 7.79. The van der Waals surface area contributed by atoms with Gasteiger partial charge in [-0.2, -0.15) is 0 Å². The van der Waals surface area contributed by atoms with Crippen LogP contribution in [0, 0.1) is 0 Å². The Morgan fingerprint density at radius 1 is 0.311 bits per heavy atom. The predicted molar refractivity (Wildman–Crippen MR) is 194 cm³/mol. The molecule has 0 nitrogen and oxygen atoms in total. The zero-order valence-corrected chi connectivity index (χ0v) is 25.2.